The monoisotopic (exact) mass is 321 g/mol. The summed E-state index contributed by atoms with van der Waals surface area (Å²) in [6.45, 7) is 1.85. The van der Waals surface area contributed by atoms with Gasteiger partial charge in [0.15, 0.2) is 5.58 Å². The lowest BCUT2D eigenvalue weighted by atomic mass is 10.3. The van der Waals surface area contributed by atoms with Crippen LogP contribution in [0, 0.1) is 6.92 Å². The Kier molecular flexibility index (Phi) is 3.05. The van der Waals surface area contributed by atoms with Gasteiger partial charge in [0, 0.05) is 6.07 Å². The van der Waals surface area contributed by atoms with Crippen molar-refractivity contribution < 1.29 is 4.42 Å². The molecule has 90 valence electrons. The summed E-state index contributed by atoms with van der Waals surface area (Å²) >= 11 is 4.73. The minimum Gasteiger partial charge on any atom is -0.431 e. The van der Waals surface area contributed by atoms with Gasteiger partial charge in [-0.05, 0) is 46.7 Å². The van der Waals surface area contributed by atoms with Gasteiger partial charge < -0.3 is 4.42 Å². The van der Waals surface area contributed by atoms with E-state index in [1.807, 2.05) is 37.3 Å². The fourth-order valence-corrected chi connectivity index (χ4v) is 2.97. The molecular weight excluding hydrogens is 314 g/mol. The van der Waals surface area contributed by atoms with Gasteiger partial charge in [-0.1, -0.05) is 12.1 Å². The quantitative estimate of drug-likeness (QED) is 0.671. The zero-order valence-electron chi connectivity index (χ0n) is 9.42. The van der Waals surface area contributed by atoms with Crippen LogP contribution in [-0.2, 0) is 0 Å². The molecule has 0 aliphatic heterocycles. The van der Waals surface area contributed by atoms with E-state index in [1.54, 1.807) is 0 Å². The van der Waals surface area contributed by atoms with Crippen LogP contribution in [-0.4, -0.2) is 15.0 Å². The van der Waals surface area contributed by atoms with E-state index < -0.39 is 0 Å². The second-order valence-corrected chi connectivity index (χ2v) is 5.41. The van der Waals surface area contributed by atoms with Crippen molar-refractivity contribution in [3.05, 3.63) is 40.8 Å². The first kappa shape index (κ1) is 11.7. The number of aryl methyl sites for hydroxylation is 1. The highest BCUT2D eigenvalue weighted by molar-refractivity contribution is 9.10. The Balaban J connectivity index is 1.96. The highest BCUT2D eigenvalue weighted by Crippen LogP contribution is 2.29. The van der Waals surface area contributed by atoms with Gasteiger partial charge in [-0.25, -0.2) is 15.0 Å². The van der Waals surface area contributed by atoms with Crippen LogP contribution in [0.25, 0.3) is 11.1 Å². The molecule has 0 amide bonds. The Bertz CT molecular complexity index is 660. The van der Waals surface area contributed by atoms with E-state index in [2.05, 4.69) is 30.9 Å². The summed E-state index contributed by atoms with van der Waals surface area (Å²) in [7, 11) is 0. The number of halogens is 1. The van der Waals surface area contributed by atoms with Crippen LogP contribution < -0.4 is 0 Å². The molecule has 2 heterocycles. The lowest BCUT2D eigenvalue weighted by Crippen LogP contribution is -1.89. The molecule has 0 radical (unpaired) electrons. The van der Waals surface area contributed by atoms with Gasteiger partial charge >= 0.3 is 0 Å². The first-order valence-electron chi connectivity index (χ1n) is 5.25. The van der Waals surface area contributed by atoms with Gasteiger partial charge in [0.05, 0.1) is 0 Å². The van der Waals surface area contributed by atoms with E-state index in [1.165, 1.54) is 11.8 Å². The van der Waals surface area contributed by atoms with E-state index in [0.717, 1.165) is 20.7 Å². The second kappa shape index (κ2) is 4.70. The Hall–Kier alpha value is -1.40. The number of rotatable bonds is 2. The molecule has 0 aliphatic rings. The molecule has 0 bridgehead atoms. The Morgan fingerprint density at radius 2 is 2.00 bits per heavy atom. The molecule has 0 N–H and O–H groups in total. The SMILES string of the molecule is Cc1nc(Br)cc(Sc2nc3ccccc3o2)n1. The summed E-state index contributed by atoms with van der Waals surface area (Å²) in [6.07, 6.45) is 0. The largest absolute Gasteiger partial charge is 0.431 e. The summed E-state index contributed by atoms with van der Waals surface area (Å²) in [5.74, 6) is 0.711. The zero-order chi connectivity index (χ0) is 12.5. The number of oxazole rings is 1. The third-order valence-electron chi connectivity index (χ3n) is 2.25. The number of aromatic nitrogens is 3. The fraction of sp³-hybridized carbons (Fsp3) is 0.0833. The van der Waals surface area contributed by atoms with Crippen molar-refractivity contribution in [1.29, 1.82) is 0 Å². The number of para-hydroxylation sites is 2. The molecule has 0 aliphatic carbocycles. The average Bonchev–Trinajstić information content (AvgIpc) is 2.69. The lowest BCUT2D eigenvalue weighted by Gasteiger charge is -1.98. The molecule has 3 rings (SSSR count). The second-order valence-electron chi connectivity index (χ2n) is 3.63. The van der Waals surface area contributed by atoms with Crippen LogP contribution >= 0.6 is 27.7 Å². The van der Waals surface area contributed by atoms with E-state index in [0.29, 0.717) is 11.0 Å². The number of hydrogen-bond acceptors (Lipinski definition) is 5. The maximum atomic E-state index is 5.63. The van der Waals surface area contributed by atoms with Gasteiger partial charge in [-0.3, -0.25) is 0 Å². The normalized spacial score (nSPS) is 11.0. The summed E-state index contributed by atoms with van der Waals surface area (Å²) in [6, 6.07) is 9.52. The van der Waals surface area contributed by atoms with Gasteiger partial charge in [0.1, 0.15) is 21.0 Å². The van der Waals surface area contributed by atoms with Crippen molar-refractivity contribution in [1.82, 2.24) is 15.0 Å². The van der Waals surface area contributed by atoms with Crippen molar-refractivity contribution in [3.63, 3.8) is 0 Å². The number of hydrogen-bond donors (Lipinski definition) is 0. The minimum absolute atomic E-state index is 0.584. The van der Waals surface area contributed by atoms with Crippen molar-refractivity contribution in [2.75, 3.05) is 0 Å². The summed E-state index contributed by atoms with van der Waals surface area (Å²) in [5, 5.41) is 1.39. The number of nitrogens with zero attached hydrogens (tertiary/aromatic N) is 3. The fourth-order valence-electron chi connectivity index (χ4n) is 1.54. The van der Waals surface area contributed by atoms with Crippen molar-refractivity contribution in [2.24, 2.45) is 0 Å². The molecule has 0 atom stereocenters. The third-order valence-corrected chi connectivity index (χ3v) is 3.42. The molecule has 2 aromatic heterocycles. The Morgan fingerprint density at radius 1 is 1.17 bits per heavy atom. The van der Waals surface area contributed by atoms with Gasteiger partial charge in [0.2, 0.25) is 0 Å². The van der Waals surface area contributed by atoms with Crippen LogP contribution in [0.1, 0.15) is 5.82 Å². The van der Waals surface area contributed by atoms with Crippen molar-refractivity contribution in [3.8, 4) is 0 Å². The zero-order valence-corrected chi connectivity index (χ0v) is 11.8. The standard InChI is InChI=1S/C12H8BrN3OS/c1-7-14-10(13)6-11(15-7)18-12-16-8-4-2-3-5-9(8)17-12/h2-6H,1H3. The topological polar surface area (TPSA) is 51.8 Å². The summed E-state index contributed by atoms with van der Waals surface area (Å²) in [5.41, 5.74) is 1.63. The van der Waals surface area contributed by atoms with Gasteiger partial charge in [-0.2, -0.15) is 0 Å². The minimum atomic E-state index is 0.584. The average molecular weight is 322 g/mol. The lowest BCUT2D eigenvalue weighted by molar-refractivity contribution is 0.489. The van der Waals surface area contributed by atoms with E-state index in [9.17, 15) is 0 Å². The molecule has 0 fully saturated rings. The van der Waals surface area contributed by atoms with Crippen LogP contribution in [0.15, 0.2) is 49.6 Å². The summed E-state index contributed by atoms with van der Waals surface area (Å²) in [4.78, 5) is 12.9. The molecule has 0 spiro atoms. The predicted octanol–water partition coefficient (Wildman–Crippen LogP) is 3.84. The van der Waals surface area contributed by atoms with Gasteiger partial charge in [-0.15, -0.1) is 0 Å². The van der Waals surface area contributed by atoms with Gasteiger partial charge in [0.25, 0.3) is 5.22 Å². The first-order chi connectivity index (χ1) is 8.70. The van der Waals surface area contributed by atoms with Crippen LogP contribution in [0.4, 0.5) is 0 Å². The first-order valence-corrected chi connectivity index (χ1v) is 6.86. The highest BCUT2D eigenvalue weighted by atomic mass is 79.9. The third kappa shape index (κ3) is 2.39. The molecule has 0 saturated heterocycles. The Labute approximate surface area is 116 Å². The molecule has 0 unspecified atom stereocenters. The van der Waals surface area contributed by atoms with Crippen molar-refractivity contribution >= 4 is 38.8 Å². The molecule has 1 aromatic carbocycles. The van der Waals surface area contributed by atoms with Crippen LogP contribution in [0.3, 0.4) is 0 Å². The Morgan fingerprint density at radius 3 is 2.78 bits per heavy atom. The molecule has 4 nitrogen and oxygen atoms in total. The molecule has 18 heavy (non-hydrogen) atoms. The molecular formula is C12H8BrN3OS. The predicted molar refractivity (Wildman–Crippen MR) is 72.6 cm³/mol. The summed E-state index contributed by atoms with van der Waals surface area (Å²) < 4.78 is 6.39. The van der Waals surface area contributed by atoms with E-state index in [-0.39, 0.29) is 0 Å². The van der Waals surface area contributed by atoms with Crippen LogP contribution in [0.2, 0.25) is 0 Å². The van der Waals surface area contributed by atoms with Crippen LogP contribution in [0.5, 0.6) is 0 Å². The van der Waals surface area contributed by atoms with E-state index in [4.69, 9.17) is 4.42 Å². The molecule has 0 saturated carbocycles. The molecule has 3 aromatic rings. The highest BCUT2D eigenvalue weighted by Gasteiger charge is 2.09. The smallest absolute Gasteiger partial charge is 0.263 e. The van der Waals surface area contributed by atoms with Crippen molar-refractivity contribution in [2.45, 2.75) is 17.2 Å². The maximum absolute atomic E-state index is 5.63. The number of benzene rings is 1. The molecule has 6 heteroatoms. The maximum Gasteiger partial charge on any atom is 0.263 e. The number of fused-ring (bicyclic) bond motifs is 1. The van der Waals surface area contributed by atoms with E-state index >= 15 is 0 Å².